The largest absolute Gasteiger partial charge is 0.315 e. The molecule has 2 saturated carbocycles. The van der Waals surface area contributed by atoms with E-state index in [2.05, 4.69) is 189 Å². The van der Waals surface area contributed by atoms with Crippen molar-refractivity contribution in [3.8, 4) is 0 Å². The number of benzene rings is 4. The topological polar surface area (TPSA) is 81.2 Å². The Balaban J connectivity index is 0.000000248. The summed E-state index contributed by atoms with van der Waals surface area (Å²) in [4.78, 5) is 49.5. The molecule has 2 aliphatic carbocycles. The molecule has 2 aliphatic heterocycles. The number of nitrogens with zero attached hydrogens (tertiary/aromatic N) is 4. The van der Waals surface area contributed by atoms with Crippen LogP contribution in [-0.4, -0.2) is 23.1 Å². The Morgan fingerprint density at radius 3 is 0.562 bits per heavy atom. The first-order chi connectivity index (χ1) is 29.3. The summed E-state index contributed by atoms with van der Waals surface area (Å²) in [5, 5.41) is 0. The van der Waals surface area contributed by atoms with Gasteiger partial charge in [0.15, 0.2) is 0 Å². The average molecular weight is 1040 g/mol. The van der Waals surface area contributed by atoms with Crippen molar-refractivity contribution in [2.75, 3.05) is 19.6 Å². The molecule has 0 unspecified atom stereocenters. The van der Waals surface area contributed by atoms with Crippen LogP contribution in [0.4, 0.5) is 22.7 Å². The molecule has 64 heavy (non-hydrogen) atoms. The second-order valence-corrected chi connectivity index (χ2v) is 16.2. The van der Waals surface area contributed by atoms with Crippen molar-refractivity contribution in [3.63, 3.8) is 0 Å². The van der Waals surface area contributed by atoms with Crippen molar-refractivity contribution in [2.45, 2.75) is 83.1 Å². The summed E-state index contributed by atoms with van der Waals surface area (Å²) in [5.41, 5.74) is 20.3. The minimum absolute atomic E-state index is 0. The van der Waals surface area contributed by atoms with Gasteiger partial charge in [-0.15, -0.1) is 0 Å². The Kier molecular flexibility index (Phi) is 20.4. The van der Waals surface area contributed by atoms with Crippen LogP contribution in [0.25, 0.3) is 0 Å². The van der Waals surface area contributed by atoms with Gasteiger partial charge in [-0.3, -0.25) is 19.2 Å². The summed E-state index contributed by atoms with van der Waals surface area (Å²) in [6.07, 6.45) is 18.4. The van der Waals surface area contributed by atoms with E-state index in [1.54, 1.807) is 0 Å². The molecule has 0 aromatic heterocycles. The van der Waals surface area contributed by atoms with Crippen LogP contribution in [0.1, 0.15) is 66.8 Å². The Morgan fingerprint density at radius 2 is 0.422 bits per heavy atom. The van der Waals surface area contributed by atoms with Crippen LogP contribution in [-0.2, 0) is 60.0 Å². The first-order valence-corrected chi connectivity index (χ1v) is 20.6. The number of anilines is 4. The third kappa shape index (κ3) is 14.3. The fourth-order valence-electron chi connectivity index (χ4n) is 8.22. The van der Waals surface area contributed by atoms with Crippen molar-refractivity contribution in [3.05, 3.63) is 205 Å². The Hall–Kier alpha value is -4.44. The zero-order valence-corrected chi connectivity index (χ0v) is 41.7. The molecule has 0 spiro atoms. The number of aryl methyl sites for hydroxylation is 12. The van der Waals surface area contributed by atoms with Gasteiger partial charge in [0.25, 0.3) is 0 Å². The van der Waals surface area contributed by atoms with Crippen molar-refractivity contribution in [1.82, 2.24) is 0 Å². The van der Waals surface area contributed by atoms with E-state index < -0.39 is 0 Å². The zero-order chi connectivity index (χ0) is 45.4. The Morgan fingerprint density at radius 1 is 0.281 bits per heavy atom. The van der Waals surface area contributed by atoms with E-state index in [-0.39, 0.29) is 64.0 Å². The van der Waals surface area contributed by atoms with Gasteiger partial charge in [-0.2, -0.15) is 0 Å². The van der Waals surface area contributed by atoms with Crippen LogP contribution in [0.15, 0.2) is 73.3 Å². The quantitative estimate of drug-likeness (QED) is 0.187. The first-order valence-electron chi connectivity index (χ1n) is 20.6. The number of ketones is 4. The molecule has 8 rings (SSSR count). The molecule has 12 radical (unpaired) electrons. The number of Topliss-reactive ketones (excluding diaryl/α,β-unsaturated/α-hetero) is 4. The summed E-state index contributed by atoms with van der Waals surface area (Å²) >= 11 is 0. The van der Waals surface area contributed by atoms with Crippen molar-refractivity contribution in [1.29, 1.82) is 0 Å². The number of hydrogen-bond acceptors (Lipinski definition) is 8. The molecule has 2 heterocycles. The number of hydrogen-bond donors (Lipinski definition) is 0. The SMILES string of the molecule is Cc1cc(C)c(N2[C]N(c3c(C)cc(C)cc3C)C=C2)c(C)c1.Cc1cc(C)c(N2[C]N(c3c(C)cc(C)cc3C)C=C2)c(C)c1.O=C1[CH][CH]C(=O)[CH][CH]1.O=C1[CH][CH]C(=O)[CH][CH]1.[Pd].[Pd]. The Bertz CT molecular complexity index is 1970. The van der Waals surface area contributed by atoms with Gasteiger partial charge in [-0.25, -0.2) is 0 Å². The molecule has 0 bridgehead atoms. The van der Waals surface area contributed by atoms with Gasteiger partial charge >= 0.3 is 0 Å². The molecule has 4 aliphatic rings. The maximum atomic E-state index is 10.3. The molecule has 0 N–H and O–H groups in total. The average Bonchev–Trinajstić information content (AvgIpc) is 3.84. The predicted octanol–water partition coefficient (Wildman–Crippen LogP) is 10.6. The summed E-state index contributed by atoms with van der Waals surface area (Å²) in [7, 11) is 0. The minimum atomic E-state index is -0.121. The molecular weight excluding hydrogens is 981 g/mol. The summed E-state index contributed by atoms with van der Waals surface area (Å²) in [6, 6.07) is 17.8. The smallest absolute Gasteiger partial charge is 0.217 e. The molecular formula is C54H56N4O4Pd2. The van der Waals surface area contributed by atoms with E-state index in [4.69, 9.17) is 0 Å². The van der Waals surface area contributed by atoms with Gasteiger partial charge in [0.2, 0.25) is 13.3 Å². The number of rotatable bonds is 4. The standard InChI is InChI=1S/2C21H24N2.2C6H4O2.2Pd/c2*1-14-9-16(3)20(17(4)10-14)22-7-8-23(13-22)21-18(5)11-15(2)12-19(21)6;2*7-5-1-2-6(8)4-3-5;;/h2*7-12H,1-6H3;2*1-4H;;. The second kappa shape index (κ2) is 24.2. The fourth-order valence-corrected chi connectivity index (χ4v) is 8.22. The van der Waals surface area contributed by atoms with E-state index in [9.17, 15) is 19.2 Å². The van der Waals surface area contributed by atoms with E-state index in [0.717, 1.165) is 0 Å². The third-order valence-corrected chi connectivity index (χ3v) is 10.3. The maximum absolute atomic E-state index is 10.3. The van der Waals surface area contributed by atoms with Gasteiger partial charge in [-0.1, -0.05) is 70.8 Å². The van der Waals surface area contributed by atoms with Crippen LogP contribution < -0.4 is 19.6 Å². The van der Waals surface area contributed by atoms with Crippen LogP contribution >= 0.6 is 0 Å². The van der Waals surface area contributed by atoms with Crippen molar-refractivity contribution >= 4 is 45.9 Å². The van der Waals surface area contributed by atoms with Gasteiger partial charge in [-0.05, 0) is 128 Å². The van der Waals surface area contributed by atoms with Gasteiger partial charge in [0.1, 0.15) is 23.1 Å². The molecule has 0 atom stereocenters. The fraction of sp³-hybridized carbons (Fsp3) is 0.222. The molecule has 336 valence electrons. The number of carbonyl (C=O) groups excluding carboxylic acids is 4. The van der Waals surface area contributed by atoms with Gasteiger partial charge < -0.3 is 19.6 Å². The van der Waals surface area contributed by atoms with Crippen LogP contribution in [0.5, 0.6) is 0 Å². The van der Waals surface area contributed by atoms with Crippen LogP contribution in [0.2, 0.25) is 0 Å². The van der Waals surface area contributed by atoms with E-state index in [1.165, 1.54) is 141 Å². The minimum Gasteiger partial charge on any atom is -0.315 e. The van der Waals surface area contributed by atoms with Gasteiger partial charge in [0.05, 0.1) is 0 Å². The van der Waals surface area contributed by atoms with Crippen LogP contribution in [0, 0.1) is 148 Å². The summed E-state index contributed by atoms with van der Waals surface area (Å²) in [6.45, 7) is 32.8. The van der Waals surface area contributed by atoms with Gasteiger partial charge in [0, 0.05) is 140 Å². The number of carbonyl (C=O) groups is 4. The zero-order valence-electron chi connectivity index (χ0n) is 38.6. The molecule has 4 aromatic carbocycles. The summed E-state index contributed by atoms with van der Waals surface area (Å²) < 4.78 is 0. The maximum Gasteiger partial charge on any atom is 0.217 e. The molecule has 8 nitrogen and oxygen atoms in total. The normalized spacial score (nSPS) is 15.4. The Labute approximate surface area is 410 Å². The molecule has 2 fully saturated rings. The molecule has 10 heteroatoms. The van der Waals surface area contributed by atoms with E-state index >= 15 is 0 Å². The van der Waals surface area contributed by atoms with Crippen molar-refractivity contribution in [2.24, 2.45) is 0 Å². The summed E-state index contributed by atoms with van der Waals surface area (Å²) in [5.74, 6) is -0.483. The van der Waals surface area contributed by atoms with Crippen LogP contribution in [0.3, 0.4) is 0 Å². The van der Waals surface area contributed by atoms with Crippen molar-refractivity contribution < 1.29 is 60.0 Å². The predicted molar refractivity (Wildman–Crippen MR) is 252 cm³/mol. The molecule has 4 aromatic rings. The molecule has 0 saturated heterocycles. The monoisotopic (exact) mass is 1040 g/mol. The first kappa shape index (κ1) is 53.9. The molecule has 0 amide bonds. The van der Waals surface area contributed by atoms with E-state index in [0.29, 0.717) is 0 Å². The van der Waals surface area contributed by atoms with E-state index in [1.807, 2.05) is 0 Å². The second-order valence-electron chi connectivity index (χ2n) is 16.2. The third-order valence-electron chi connectivity index (χ3n) is 10.3.